The summed E-state index contributed by atoms with van der Waals surface area (Å²) in [5, 5.41) is 12.9. The summed E-state index contributed by atoms with van der Waals surface area (Å²) in [7, 11) is 0. The minimum atomic E-state index is -1.12. The molecule has 0 fully saturated rings. The smallest absolute Gasteiger partial charge is 0.264 e. The number of hydrogen-bond acceptors (Lipinski definition) is 5. The molecule has 0 saturated carbocycles. The lowest BCUT2D eigenvalue weighted by Crippen LogP contribution is -2.46. The standard InChI is InChI=1S/C31H29F2N3O2S/c1-2-19-6-5-7-20(10-19)17-36(18-28(37)26(34)13-21-11-24(32)16-25(33)12-21)31(38)29-15-23-14-22-8-3-4-9-27(22)35-30(23)39-29/h3-12,14-16,26,28,37H,2,13,17-18,34H2,1H3. The third-order valence-electron chi connectivity index (χ3n) is 6.78. The molecule has 5 nitrogen and oxygen atoms in total. The molecule has 5 rings (SSSR count). The van der Waals surface area contributed by atoms with Gasteiger partial charge in [0.05, 0.1) is 16.5 Å². The quantitative estimate of drug-likeness (QED) is 0.243. The van der Waals surface area contributed by atoms with Crippen molar-refractivity contribution in [3.05, 3.63) is 112 Å². The van der Waals surface area contributed by atoms with Gasteiger partial charge in [-0.15, -0.1) is 11.3 Å². The molecule has 0 radical (unpaired) electrons. The largest absolute Gasteiger partial charge is 0.390 e. The second kappa shape index (κ2) is 11.6. The van der Waals surface area contributed by atoms with Gasteiger partial charge in [-0.2, -0.15) is 0 Å². The van der Waals surface area contributed by atoms with Crippen molar-refractivity contribution in [1.82, 2.24) is 9.88 Å². The van der Waals surface area contributed by atoms with E-state index in [1.807, 2.05) is 60.7 Å². The Hall–Kier alpha value is -3.72. The number of carbonyl (C=O) groups is 1. The number of fused-ring (bicyclic) bond motifs is 2. The summed E-state index contributed by atoms with van der Waals surface area (Å²) in [6.07, 6.45) is -0.206. The highest BCUT2D eigenvalue weighted by atomic mass is 32.1. The van der Waals surface area contributed by atoms with Crippen LogP contribution in [0.5, 0.6) is 0 Å². The molecule has 2 atom stereocenters. The maximum atomic E-state index is 13.8. The van der Waals surface area contributed by atoms with E-state index < -0.39 is 23.8 Å². The van der Waals surface area contributed by atoms with E-state index in [1.165, 1.54) is 23.5 Å². The first-order chi connectivity index (χ1) is 18.8. The fourth-order valence-electron chi connectivity index (χ4n) is 4.72. The molecule has 0 saturated heterocycles. The molecule has 200 valence electrons. The molecule has 2 aromatic heterocycles. The highest BCUT2D eigenvalue weighted by Gasteiger charge is 2.25. The maximum absolute atomic E-state index is 13.8. The Labute approximate surface area is 229 Å². The van der Waals surface area contributed by atoms with E-state index in [2.05, 4.69) is 6.92 Å². The van der Waals surface area contributed by atoms with Crippen molar-refractivity contribution in [2.45, 2.75) is 38.5 Å². The van der Waals surface area contributed by atoms with Gasteiger partial charge in [-0.3, -0.25) is 4.79 Å². The summed E-state index contributed by atoms with van der Waals surface area (Å²) < 4.78 is 27.3. The van der Waals surface area contributed by atoms with Gasteiger partial charge < -0.3 is 15.7 Å². The Balaban J connectivity index is 1.42. The lowest BCUT2D eigenvalue weighted by atomic mass is 10.0. The molecule has 0 aliphatic heterocycles. The minimum absolute atomic E-state index is 0.0438. The fourth-order valence-corrected chi connectivity index (χ4v) is 5.71. The van der Waals surface area contributed by atoms with Crippen LogP contribution in [-0.4, -0.2) is 39.6 Å². The number of hydrogen-bond donors (Lipinski definition) is 2. The van der Waals surface area contributed by atoms with Crippen LogP contribution in [0.2, 0.25) is 0 Å². The molecular weight excluding hydrogens is 516 g/mol. The van der Waals surface area contributed by atoms with Gasteiger partial charge in [-0.05, 0) is 59.9 Å². The van der Waals surface area contributed by atoms with E-state index in [9.17, 15) is 18.7 Å². The molecule has 0 aliphatic rings. The zero-order valence-electron chi connectivity index (χ0n) is 21.5. The number of nitrogens with two attached hydrogens (primary N) is 1. The molecule has 0 spiro atoms. The van der Waals surface area contributed by atoms with Crippen LogP contribution in [0.1, 0.15) is 33.3 Å². The van der Waals surface area contributed by atoms with E-state index in [0.717, 1.165) is 44.7 Å². The van der Waals surface area contributed by atoms with Crippen LogP contribution in [0.15, 0.2) is 78.9 Å². The molecule has 2 heterocycles. The summed E-state index contributed by atoms with van der Waals surface area (Å²) in [5.41, 5.74) is 9.52. The number of para-hydroxylation sites is 1. The van der Waals surface area contributed by atoms with Crippen molar-refractivity contribution in [3.8, 4) is 0 Å². The summed E-state index contributed by atoms with van der Waals surface area (Å²) in [4.78, 5) is 21.4. The van der Waals surface area contributed by atoms with E-state index in [1.54, 1.807) is 4.90 Å². The Morgan fingerprint density at radius 1 is 0.949 bits per heavy atom. The first-order valence-electron chi connectivity index (χ1n) is 12.8. The van der Waals surface area contributed by atoms with Gasteiger partial charge in [0.25, 0.3) is 5.91 Å². The Kier molecular flexibility index (Phi) is 7.97. The summed E-state index contributed by atoms with van der Waals surface area (Å²) in [6.45, 7) is 2.29. The SMILES string of the molecule is CCc1cccc(CN(CC(O)C(N)Cc2cc(F)cc(F)c2)C(=O)c2cc3cc4ccccc4nc3s2)c1. The first kappa shape index (κ1) is 26.9. The van der Waals surface area contributed by atoms with Crippen LogP contribution in [0.25, 0.3) is 21.1 Å². The lowest BCUT2D eigenvalue weighted by molar-refractivity contribution is 0.0558. The van der Waals surface area contributed by atoms with Gasteiger partial charge in [0, 0.05) is 36.0 Å². The van der Waals surface area contributed by atoms with Crippen LogP contribution in [0.4, 0.5) is 8.78 Å². The molecule has 5 aromatic rings. The second-order valence-electron chi connectivity index (χ2n) is 9.76. The second-order valence-corrected chi connectivity index (χ2v) is 10.8. The molecule has 2 unspecified atom stereocenters. The predicted octanol–water partition coefficient (Wildman–Crippen LogP) is 5.86. The monoisotopic (exact) mass is 545 g/mol. The molecule has 39 heavy (non-hydrogen) atoms. The van der Waals surface area contributed by atoms with Gasteiger partial charge in [-0.25, -0.2) is 13.8 Å². The number of aromatic nitrogens is 1. The number of aliphatic hydroxyl groups is 1. The number of benzene rings is 3. The summed E-state index contributed by atoms with van der Waals surface area (Å²) >= 11 is 1.31. The van der Waals surface area contributed by atoms with Gasteiger partial charge in [-0.1, -0.05) is 49.4 Å². The number of rotatable bonds is 9. The Morgan fingerprint density at radius 3 is 2.46 bits per heavy atom. The van der Waals surface area contributed by atoms with Crippen LogP contribution >= 0.6 is 11.3 Å². The van der Waals surface area contributed by atoms with E-state index in [4.69, 9.17) is 10.7 Å². The molecule has 0 bridgehead atoms. The van der Waals surface area contributed by atoms with Crippen LogP contribution in [-0.2, 0) is 19.4 Å². The molecule has 8 heteroatoms. The number of carbonyl (C=O) groups excluding carboxylic acids is 1. The fraction of sp³-hybridized carbons (Fsp3) is 0.226. The average Bonchev–Trinajstić information content (AvgIpc) is 3.33. The third kappa shape index (κ3) is 6.30. The van der Waals surface area contributed by atoms with E-state index >= 15 is 0 Å². The van der Waals surface area contributed by atoms with E-state index in [0.29, 0.717) is 10.4 Å². The zero-order chi connectivity index (χ0) is 27.5. The van der Waals surface area contributed by atoms with Crippen molar-refractivity contribution in [2.75, 3.05) is 6.54 Å². The normalized spacial score (nSPS) is 13.1. The van der Waals surface area contributed by atoms with Crippen molar-refractivity contribution in [1.29, 1.82) is 0 Å². The molecule has 0 aliphatic carbocycles. The molecule has 3 aromatic carbocycles. The minimum Gasteiger partial charge on any atom is -0.390 e. The Morgan fingerprint density at radius 2 is 1.69 bits per heavy atom. The topological polar surface area (TPSA) is 79.5 Å². The van der Waals surface area contributed by atoms with Crippen molar-refractivity contribution < 1.29 is 18.7 Å². The van der Waals surface area contributed by atoms with Gasteiger partial charge >= 0.3 is 0 Å². The highest BCUT2D eigenvalue weighted by molar-refractivity contribution is 7.20. The molecule has 1 amide bonds. The summed E-state index contributed by atoms with van der Waals surface area (Å²) in [5.74, 6) is -1.65. The zero-order valence-corrected chi connectivity index (χ0v) is 22.3. The number of nitrogens with zero attached hydrogens (tertiary/aromatic N) is 2. The van der Waals surface area contributed by atoms with Crippen molar-refractivity contribution >= 4 is 38.4 Å². The van der Waals surface area contributed by atoms with Crippen LogP contribution in [0, 0.1) is 11.6 Å². The number of aliphatic hydroxyl groups excluding tert-OH is 1. The average molecular weight is 546 g/mol. The van der Waals surface area contributed by atoms with Gasteiger partial charge in [0.1, 0.15) is 16.5 Å². The van der Waals surface area contributed by atoms with Crippen LogP contribution < -0.4 is 5.73 Å². The number of thiophene rings is 1. The van der Waals surface area contributed by atoms with Gasteiger partial charge in [0.2, 0.25) is 0 Å². The third-order valence-corrected chi connectivity index (χ3v) is 7.81. The maximum Gasteiger partial charge on any atom is 0.264 e. The van der Waals surface area contributed by atoms with Crippen LogP contribution in [0.3, 0.4) is 0 Å². The predicted molar refractivity (Wildman–Crippen MR) is 152 cm³/mol. The lowest BCUT2D eigenvalue weighted by Gasteiger charge is -2.28. The molecular formula is C31H29F2N3O2S. The highest BCUT2D eigenvalue weighted by Crippen LogP contribution is 2.29. The van der Waals surface area contributed by atoms with Crippen molar-refractivity contribution in [2.24, 2.45) is 5.73 Å². The number of amides is 1. The van der Waals surface area contributed by atoms with Gasteiger partial charge in [0.15, 0.2) is 0 Å². The Bertz CT molecular complexity index is 1560. The first-order valence-corrected chi connectivity index (χ1v) is 13.7. The number of halogens is 2. The van der Waals surface area contributed by atoms with E-state index in [-0.39, 0.29) is 25.4 Å². The number of pyridine rings is 1. The van der Waals surface area contributed by atoms with Crippen molar-refractivity contribution in [3.63, 3.8) is 0 Å². The summed E-state index contributed by atoms with van der Waals surface area (Å²) in [6, 6.07) is 22.0. The number of aryl methyl sites for hydroxylation is 1. The molecule has 3 N–H and O–H groups in total.